The molecular formula is C16H23N3O2. The van der Waals surface area contributed by atoms with Crippen LogP contribution < -0.4 is 15.5 Å². The first kappa shape index (κ1) is 15.5. The van der Waals surface area contributed by atoms with Gasteiger partial charge in [-0.3, -0.25) is 9.59 Å². The zero-order chi connectivity index (χ0) is 15.1. The van der Waals surface area contributed by atoms with Crippen LogP contribution in [0.4, 0.5) is 5.69 Å². The van der Waals surface area contributed by atoms with E-state index in [1.807, 2.05) is 36.1 Å². The van der Waals surface area contributed by atoms with Crippen LogP contribution >= 0.6 is 0 Å². The molecule has 5 nitrogen and oxygen atoms in total. The van der Waals surface area contributed by atoms with Crippen molar-refractivity contribution in [3.05, 3.63) is 29.8 Å². The minimum absolute atomic E-state index is 0.0507. The summed E-state index contributed by atoms with van der Waals surface area (Å²) in [4.78, 5) is 25.1. The SMILES string of the molecule is CCNCCC(=O)NCc1ccc(N2CCCC2=O)cc1. The molecule has 0 unspecified atom stereocenters. The lowest BCUT2D eigenvalue weighted by Crippen LogP contribution is -2.27. The van der Waals surface area contributed by atoms with Crippen molar-refractivity contribution in [2.75, 3.05) is 24.5 Å². The topological polar surface area (TPSA) is 61.4 Å². The number of hydrogen-bond donors (Lipinski definition) is 2. The first-order valence-electron chi connectivity index (χ1n) is 7.57. The number of anilines is 1. The molecule has 0 bridgehead atoms. The number of benzene rings is 1. The van der Waals surface area contributed by atoms with Gasteiger partial charge in [-0.25, -0.2) is 0 Å². The molecular weight excluding hydrogens is 266 g/mol. The Labute approximate surface area is 125 Å². The normalized spacial score (nSPS) is 14.5. The average molecular weight is 289 g/mol. The fourth-order valence-corrected chi connectivity index (χ4v) is 2.38. The van der Waals surface area contributed by atoms with E-state index in [0.29, 0.717) is 25.9 Å². The first-order chi connectivity index (χ1) is 10.2. The van der Waals surface area contributed by atoms with Gasteiger partial charge in [-0.2, -0.15) is 0 Å². The van der Waals surface area contributed by atoms with E-state index < -0.39 is 0 Å². The second-order valence-corrected chi connectivity index (χ2v) is 5.20. The Morgan fingerprint density at radius 1 is 1.29 bits per heavy atom. The Morgan fingerprint density at radius 2 is 2.05 bits per heavy atom. The average Bonchev–Trinajstić information content (AvgIpc) is 2.92. The zero-order valence-electron chi connectivity index (χ0n) is 12.5. The van der Waals surface area contributed by atoms with Gasteiger partial charge in [0.05, 0.1) is 0 Å². The minimum atomic E-state index is 0.0507. The van der Waals surface area contributed by atoms with Gasteiger partial charge in [0.1, 0.15) is 0 Å². The molecule has 2 amide bonds. The Kier molecular flexibility index (Phi) is 5.75. The fourth-order valence-electron chi connectivity index (χ4n) is 2.38. The third-order valence-electron chi connectivity index (χ3n) is 3.59. The minimum Gasteiger partial charge on any atom is -0.352 e. The maximum atomic E-state index is 11.7. The smallest absolute Gasteiger partial charge is 0.227 e. The molecule has 1 aliphatic heterocycles. The summed E-state index contributed by atoms with van der Waals surface area (Å²) in [5.74, 6) is 0.245. The molecule has 114 valence electrons. The molecule has 1 fully saturated rings. The summed E-state index contributed by atoms with van der Waals surface area (Å²) in [5.41, 5.74) is 1.99. The van der Waals surface area contributed by atoms with Crippen LogP contribution in [0.15, 0.2) is 24.3 Å². The van der Waals surface area contributed by atoms with Crippen LogP contribution in [0.2, 0.25) is 0 Å². The van der Waals surface area contributed by atoms with Crippen LogP contribution in [-0.2, 0) is 16.1 Å². The molecule has 2 N–H and O–H groups in total. The lowest BCUT2D eigenvalue weighted by Gasteiger charge is -2.16. The van der Waals surface area contributed by atoms with Gasteiger partial charge in [0.2, 0.25) is 11.8 Å². The molecule has 1 heterocycles. The number of nitrogens with one attached hydrogen (secondary N) is 2. The molecule has 0 aliphatic carbocycles. The van der Waals surface area contributed by atoms with E-state index in [4.69, 9.17) is 0 Å². The third kappa shape index (κ3) is 4.56. The molecule has 1 saturated heterocycles. The van der Waals surface area contributed by atoms with Crippen molar-refractivity contribution in [3.63, 3.8) is 0 Å². The van der Waals surface area contributed by atoms with E-state index in [9.17, 15) is 9.59 Å². The number of nitrogens with zero attached hydrogens (tertiary/aromatic N) is 1. The van der Waals surface area contributed by atoms with Crippen molar-refractivity contribution >= 4 is 17.5 Å². The van der Waals surface area contributed by atoms with Crippen molar-refractivity contribution in [1.29, 1.82) is 0 Å². The third-order valence-corrected chi connectivity index (χ3v) is 3.59. The van der Waals surface area contributed by atoms with Crippen LogP contribution in [0.25, 0.3) is 0 Å². The highest BCUT2D eigenvalue weighted by molar-refractivity contribution is 5.95. The Bertz CT molecular complexity index is 485. The molecule has 21 heavy (non-hydrogen) atoms. The second kappa shape index (κ2) is 7.78. The van der Waals surface area contributed by atoms with Gasteiger partial charge < -0.3 is 15.5 Å². The molecule has 0 spiro atoms. The summed E-state index contributed by atoms with van der Waals surface area (Å²) in [7, 11) is 0. The molecule has 0 aromatic heterocycles. The number of amides is 2. The van der Waals surface area contributed by atoms with E-state index in [1.54, 1.807) is 0 Å². The molecule has 1 aromatic rings. The monoisotopic (exact) mass is 289 g/mol. The number of carbonyl (C=O) groups is 2. The van der Waals surface area contributed by atoms with Crippen molar-refractivity contribution in [1.82, 2.24) is 10.6 Å². The predicted octanol–water partition coefficient (Wildman–Crippen LogP) is 1.43. The summed E-state index contributed by atoms with van der Waals surface area (Å²) in [6, 6.07) is 7.82. The van der Waals surface area contributed by atoms with Gasteiger partial charge in [-0.05, 0) is 30.7 Å². The van der Waals surface area contributed by atoms with Crippen LogP contribution in [0.3, 0.4) is 0 Å². The second-order valence-electron chi connectivity index (χ2n) is 5.20. The van der Waals surface area contributed by atoms with Crippen LogP contribution in [0.1, 0.15) is 31.7 Å². The van der Waals surface area contributed by atoms with Gasteiger partial charge >= 0.3 is 0 Å². The summed E-state index contributed by atoms with van der Waals surface area (Å²) in [5, 5.41) is 6.02. The van der Waals surface area contributed by atoms with Gasteiger partial charge in [0, 0.05) is 38.2 Å². The highest BCUT2D eigenvalue weighted by Gasteiger charge is 2.21. The Hall–Kier alpha value is -1.88. The largest absolute Gasteiger partial charge is 0.352 e. The van der Waals surface area contributed by atoms with Crippen molar-refractivity contribution in [3.8, 4) is 0 Å². The summed E-state index contributed by atoms with van der Waals surface area (Å²) >= 11 is 0. The maximum Gasteiger partial charge on any atom is 0.227 e. The molecule has 2 rings (SSSR count). The van der Waals surface area contributed by atoms with Crippen molar-refractivity contribution in [2.45, 2.75) is 32.7 Å². The standard InChI is InChI=1S/C16H23N3O2/c1-2-17-10-9-15(20)18-12-13-5-7-14(8-6-13)19-11-3-4-16(19)21/h5-8,17H,2-4,9-12H2,1H3,(H,18,20). The molecule has 5 heteroatoms. The van der Waals surface area contributed by atoms with Crippen molar-refractivity contribution < 1.29 is 9.59 Å². The van der Waals surface area contributed by atoms with E-state index in [0.717, 1.165) is 30.8 Å². The summed E-state index contributed by atoms with van der Waals surface area (Å²) in [6.07, 6.45) is 2.07. The van der Waals surface area contributed by atoms with Gasteiger partial charge in [-0.15, -0.1) is 0 Å². The molecule has 1 aromatic carbocycles. The molecule has 1 aliphatic rings. The molecule has 0 radical (unpaired) electrons. The van der Waals surface area contributed by atoms with E-state index in [1.165, 1.54) is 0 Å². The van der Waals surface area contributed by atoms with Gasteiger partial charge in [-0.1, -0.05) is 19.1 Å². The summed E-state index contributed by atoms with van der Waals surface area (Å²) in [6.45, 7) is 4.94. The highest BCUT2D eigenvalue weighted by atomic mass is 16.2. The fraction of sp³-hybridized carbons (Fsp3) is 0.500. The zero-order valence-corrected chi connectivity index (χ0v) is 12.5. The van der Waals surface area contributed by atoms with Crippen LogP contribution in [-0.4, -0.2) is 31.4 Å². The number of rotatable bonds is 7. The maximum absolute atomic E-state index is 11.7. The quantitative estimate of drug-likeness (QED) is 0.747. The lowest BCUT2D eigenvalue weighted by molar-refractivity contribution is -0.121. The van der Waals surface area contributed by atoms with E-state index >= 15 is 0 Å². The van der Waals surface area contributed by atoms with E-state index in [-0.39, 0.29) is 11.8 Å². The van der Waals surface area contributed by atoms with Gasteiger partial charge in [0.25, 0.3) is 0 Å². The Balaban J connectivity index is 1.80. The summed E-state index contributed by atoms with van der Waals surface area (Å²) < 4.78 is 0. The number of carbonyl (C=O) groups excluding carboxylic acids is 2. The highest BCUT2D eigenvalue weighted by Crippen LogP contribution is 2.21. The lowest BCUT2D eigenvalue weighted by atomic mass is 10.2. The van der Waals surface area contributed by atoms with Gasteiger partial charge in [0.15, 0.2) is 0 Å². The molecule has 0 atom stereocenters. The van der Waals surface area contributed by atoms with Crippen molar-refractivity contribution in [2.24, 2.45) is 0 Å². The predicted molar refractivity (Wildman–Crippen MR) is 83.0 cm³/mol. The number of hydrogen-bond acceptors (Lipinski definition) is 3. The van der Waals surface area contributed by atoms with Crippen LogP contribution in [0.5, 0.6) is 0 Å². The van der Waals surface area contributed by atoms with Crippen LogP contribution in [0, 0.1) is 0 Å². The Morgan fingerprint density at radius 3 is 2.67 bits per heavy atom. The van der Waals surface area contributed by atoms with E-state index in [2.05, 4.69) is 10.6 Å². The molecule has 0 saturated carbocycles. The first-order valence-corrected chi connectivity index (χ1v) is 7.57.